The van der Waals surface area contributed by atoms with Gasteiger partial charge in [0, 0.05) is 6.54 Å². The molecule has 6 nitrogen and oxygen atoms in total. The minimum Gasteiger partial charge on any atom is -0.497 e. The number of hydrogen-bond acceptors (Lipinski definition) is 5. The van der Waals surface area contributed by atoms with E-state index in [-0.39, 0.29) is 5.91 Å². The second-order valence-corrected chi connectivity index (χ2v) is 6.05. The molecule has 2 aromatic carbocycles. The summed E-state index contributed by atoms with van der Waals surface area (Å²) in [6.45, 7) is 1.46. The van der Waals surface area contributed by atoms with Crippen molar-refractivity contribution < 1.29 is 14.3 Å². The van der Waals surface area contributed by atoms with Crippen LogP contribution in [0.25, 0.3) is 0 Å². The number of hydrogen-bond donors (Lipinski definition) is 2. The molecule has 0 saturated carbocycles. The molecule has 0 aliphatic carbocycles. The number of aromatic nitrogens is 1. The standard InChI is InChI=1S/C22H23N3O3/c1-27-19-8-10-20(11-9-19)28-14-13-23-22(26)21-12-7-18(16-25-21)24-15-17-5-3-2-4-6-17/h2-12,16,24H,13-15H2,1H3,(H,23,26). The first-order valence-electron chi connectivity index (χ1n) is 9.03. The van der Waals surface area contributed by atoms with Crippen molar-refractivity contribution in [3.05, 3.63) is 84.2 Å². The van der Waals surface area contributed by atoms with Gasteiger partial charge in [0.15, 0.2) is 0 Å². The van der Waals surface area contributed by atoms with Crippen LogP contribution in [0.3, 0.4) is 0 Å². The predicted molar refractivity (Wildman–Crippen MR) is 109 cm³/mol. The first-order valence-corrected chi connectivity index (χ1v) is 9.03. The number of amides is 1. The molecule has 0 radical (unpaired) electrons. The second-order valence-electron chi connectivity index (χ2n) is 6.05. The molecule has 0 spiro atoms. The van der Waals surface area contributed by atoms with Crippen molar-refractivity contribution in [1.29, 1.82) is 0 Å². The quantitative estimate of drug-likeness (QED) is 0.558. The molecule has 6 heteroatoms. The Morgan fingerprint density at radius 2 is 1.71 bits per heavy atom. The van der Waals surface area contributed by atoms with E-state index in [4.69, 9.17) is 9.47 Å². The van der Waals surface area contributed by atoms with Gasteiger partial charge in [-0.3, -0.25) is 4.79 Å². The van der Waals surface area contributed by atoms with E-state index in [0.717, 1.165) is 17.2 Å². The smallest absolute Gasteiger partial charge is 0.269 e. The van der Waals surface area contributed by atoms with Crippen LogP contribution < -0.4 is 20.1 Å². The molecular weight excluding hydrogens is 354 g/mol. The van der Waals surface area contributed by atoms with Gasteiger partial charge in [-0.05, 0) is 42.0 Å². The highest BCUT2D eigenvalue weighted by atomic mass is 16.5. The van der Waals surface area contributed by atoms with Crippen molar-refractivity contribution in [2.75, 3.05) is 25.6 Å². The summed E-state index contributed by atoms with van der Waals surface area (Å²) < 4.78 is 10.7. The van der Waals surface area contributed by atoms with Gasteiger partial charge in [0.1, 0.15) is 23.8 Å². The largest absolute Gasteiger partial charge is 0.497 e. The SMILES string of the molecule is COc1ccc(OCCNC(=O)c2ccc(NCc3ccccc3)cn2)cc1. The van der Waals surface area contributed by atoms with Gasteiger partial charge in [-0.2, -0.15) is 0 Å². The van der Waals surface area contributed by atoms with E-state index in [2.05, 4.69) is 27.8 Å². The lowest BCUT2D eigenvalue weighted by Crippen LogP contribution is -2.28. The van der Waals surface area contributed by atoms with Crippen molar-refractivity contribution >= 4 is 11.6 Å². The molecule has 1 heterocycles. The van der Waals surface area contributed by atoms with Crippen molar-refractivity contribution in [3.63, 3.8) is 0 Å². The fourth-order valence-electron chi connectivity index (χ4n) is 2.53. The number of anilines is 1. The number of ether oxygens (including phenoxy) is 2. The van der Waals surface area contributed by atoms with Crippen molar-refractivity contribution in [2.24, 2.45) is 0 Å². The van der Waals surface area contributed by atoms with Gasteiger partial charge in [-0.15, -0.1) is 0 Å². The van der Waals surface area contributed by atoms with Gasteiger partial charge < -0.3 is 20.1 Å². The molecular formula is C22H23N3O3. The van der Waals surface area contributed by atoms with Gasteiger partial charge in [0.05, 0.1) is 25.5 Å². The molecule has 3 aromatic rings. The van der Waals surface area contributed by atoms with Gasteiger partial charge in [-0.1, -0.05) is 30.3 Å². The average molecular weight is 377 g/mol. The number of benzene rings is 2. The summed E-state index contributed by atoms with van der Waals surface area (Å²) in [5.41, 5.74) is 2.42. The van der Waals surface area contributed by atoms with E-state index in [9.17, 15) is 4.79 Å². The highest BCUT2D eigenvalue weighted by molar-refractivity contribution is 5.92. The summed E-state index contributed by atoms with van der Waals surface area (Å²) in [4.78, 5) is 16.4. The van der Waals surface area contributed by atoms with Crippen LogP contribution in [0.15, 0.2) is 72.9 Å². The fraction of sp³-hybridized carbons (Fsp3) is 0.182. The highest BCUT2D eigenvalue weighted by Gasteiger charge is 2.06. The number of nitrogens with zero attached hydrogens (tertiary/aromatic N) is 1. The molecule has 0 aliphatic rings. The molecule has 0 unspecified atom stereocenters. The first kappa shape index (κ1) is 19.2. The summed E-state index contributed by atoms with van der Waals surface area (Å²) in [5.74, 6) is 1.27. The summed E-state index contributed by atoms with van der Waals surface area (Å²) in [7, 11) is 1.62. The Bertz CT molecular complexity index is 866. The van der Waals surface area contributed by atoms with E-state index in [1.54, 1.807) is 19.4 Å². The van der Waals surface area contributed by atoms with Crippen LogP contribution in [0, 0.1) is 0 Å². The van der Waals surface area contributed by atoms with Crippen LogP contribution in [0.4, 0.5) is 5.69 Å². The van der Waals surface area contributed by atoms with Gasteiger partial charge >= 0.3 is 0 Å². The Morgan fingerprint density at radius 1 is 0.964 bits per heavy atom. The minimum absolute atomic E-state index is 0.229. The summed E-state index contributed by atoms with van der Waals surface area (Å²) >= 11 is 0. The topological polar surface area (TPSA) is 72.5 Å². The van der Waals surface area contributed by atoms with Crippen LogP contribution in [0.5, 0.6) is 11.5 Å². The average Bonchev–Trinajstić information content (AvgIpc) is 2.76. The molecule has 1 amide bonds. The predicted octanol–water partition coefficient (Wildman–Crippen LogP) is 3.51. The van der Waals surface area contributed by atoms with Crippen LogP contribution in [0.1, 0.15) is 16.1 Å². The maximum atomic E-state index is 12.2. The summed E-state index contributed by atoms with van der Waals surface area (Å²) in [5, 5.41) is 6.08. The zero-order valence-electron chi connectivity index (χ0n) is 15.7. The molecule has 3 rings (SSSR count). The zero-order valence-corrected chi connectivity index (χ0v) is 15.7. The van der Waals surface area contributed by atoms with Crippen molar-refractivity contribution in [1.82, 2.24) is 10.3 Å². The number of carbonyl (C=O) groups excluding carboxylic acids is 1. The Labute approximate surface area is 164 Å². The molecule has 2 N–H and O–H groups in total. The van der Waals surface area contributed by atoms with Crippen LogP contribution in [-0.2, 0) is 6.54 Å². The van der Waals surface area contributed by atoms with Crippen LogP contribution in [-0.4, -0.2) is 31.2 Å². The Kier molecular flexibility index (Phi) is 6.84. The van der Waals surface area contributed by atoms with Crippen molar-refractivity contribution in [3.8, 4) is 11.5 Å². The third kappa shape index (κ3) is 5.74. The molecule has 144 valence electrons. The maximum Gasteiger partial charge on any atom is 0.269 e. The molecule has 0 saturated heterocycles. The van der Waals surface area contributed by atoms with Crippen LogP contribution in [0.2, 0.25) is 0 Å². The van der Waals surface area contributed by atoms with Gasteiger partial charge in [0.25, 0.3) is 5.91 Å². The summed E-state index contributed by atoms with van der Waals surface area (Å²) in [6, 6.07) is 20.9. The summed E-state index contributed by atoms with van der Waals surface area (Å²) in [6.07, 6.45) is 1.66. The number of carbonyl (C=O) groups is 1. The van der Waals surface area contributed by atoms with E-state index in [1.807, 2.05) is 48.5 Å². The first-order chi connectivity index (χ1) is 13.7. The molecule has 0 bridgehead atoms. The Balaban J connectivity index is 1.40. The minimum atomic E-state index is -0.229. The number of nitrogens with one attached hydrogen (secondary N) is 2. The number of pyridine rings is 1. The second kappa shape index (κ2) is 9.97. The van der Waals surface area contributed by atoms with Crippen LogP contribution >= 0.6 is 0 Å². The maximum absolute atomic E-state index is 12.2. The lowest BCUT2D eigenvalue weighted by molar-refractivity contribution is 0.0942. The molecule has 0 aliphatic heterocycles. The highest BCUT2D eigenvalue weighted by Crippen LogP contribution is 2.16. The molecule has 1 aromatic heterocycles. The Morgan fingerprint density at radius 3 is 2.39 bits per heavy atom. The lowest BCUT2D eigenvalue weighted by atomic mass is 10.2. The third-order valence-corrected chi connectivity index (χ3v) is 4.05. The van der Waals surface area contributed by atoms with E-state index >= 15 is 0 Å². The normalized spacial score (nSPS) is 10.2. The fourth-order valence-corrected chi connectivity index (χ4v) is 2.53. The van der Waals surface area contributed by atoms with Gasteiger partial charge in [-0.25, -0.2) is 4.98 Å². The van der Waals surface area contributed by atoms with E-state index in [1.165, 1.54) is 5.56 Å². The van der Waals surface area contributed by atoms with Crippen molar-refractivity contribution in [2.45, 2.75) is 6.54 Å². The van der Waals surface area contributed by atoms with Gasteiger partial charge in [0.2, 0.25) is 0 Å². The molecule has 28 heavy (non-hydrogen) atoms. The lowest BCUT2D eigenvalue weighted by Gasteiger charge is -2.09. The zero-order chi connectivity index (χ0) is 19.6. The van der Waals surface area contributed by atoms with E-state index in [0.29, 0.717) is 25.4 Å². The number of methoxy groups -OCH3 is 1. The molecule has 0 atom stereocenters. The number of rotatable bonds is 9. The molecule has 0 fully saturated rings. The third-order valence-electron chi connectivity index (χ3n) is 4.05. The monoisotopic (exact) mass is 377 g/mol. The Hall–Kier alpha value is -3.54. The van der Waals surface area contributed by atoms with E-state index < -0.39 is 0 Å².